The molecule has 57 valence electrons. The fourth-order valence-electron chi connectivity index (χ4n) is 0.765. The SMILES string of the molecule is O=[C]N1CCO[C@@H](SO)C1. The van der Waals surface area contributed by atoms with Gasteiger partial charge in [0.25, 0.3) is 0 Å². The zero-order chi connectivity index (χ0) is 7.40. The molecular formula is C5H8NO3S. The summed E-state index contributed by atoms with van der Waals surface area (Å²) in [6, 6.07) is 0. The first kappa shape index (κ1) is 7.84. The third-order valence-electron chi connectivity index (χ3n) is 1.28. The number of hydrogen-bond acceptors (Lipinski definition) is 4. The van der Waals surface area contributed by atoms with Crippen LogP contribution in [0.2, 0.25) is 0 Å². The minimum atomic E-state index is -0.296. The first-order valence-electron chi connectivity index (χ1n) is 2.91. The maximum absolute atomic E-state index is 10.1. The molecule has 0 aromatic heterocycles. The van der Waals surface area contributed by atoms with E-state index in [1.807, 2.05) is 0 Å². The summed E-state index contributed by atoms with van der Waals surface area (Å²) in [6.07, 6.45) is 1.75. The van der Waals surface area contributed by atoms with Gasteiger partial charge in [-0.2, -0.15) is 0 Å². The molecule has 1 aliphatic heterocycles. The van der Waals surface area contributed by atoms with E-state index in [2.05, 4.69) is 0 Å². The molecule has 0 spiro atoms. The Morgan fingerprint density at radius 1 is 1.80 bits per heavy atom. The quantitative estimate of drug-likeness (QED) is 0.577. The average Bonchev–Trinajstić information content (AvgIpc) is 2.05. The number of carbonyl (C=O) groups excluding carboxylic acids is 1. The van der Waals surface area contributed by atoms with Crippen molar-refractivity contribution in [3.05, 3.63) is 0 Å². The molecule has 0 aliphatic carbocycles. The first-order valence-corrected chi connectivity index (χ1v) is 3.75. The van der Waals surface area contributed by atoms with Gasteiger partial charge in [-0.25, -0.2) is 0 Å². The fourth-order valence-corrected chi connectivity index (χ4v) is 1.17. The molecule has 1 amide bonds. The van der Waals surface area contributed by atoms with Crippen molar-refractivity contribution in [1.82, 2.24) is 4.90 Å². The van der Waals surface area contributed by atoms with Crippen LogP contribution in [0.5, 0.6) is 0 Å². The topological polar surface area (TPSA) is 49.8 Å². The molecule has 1 aliphatic rings. The maximum Gasteiger partial charge on any atom is 0.312 e. The van der Waals surface area contributed by atoms with E-state index in [4.69, 9.17) is 9.29 Å². The van der Waals surface area contributed by atoms with Crippen molar-refractivity contribution in [1.29, 1.82) is 0 Å². The minimum absolute atomic E-state index is 0.296. The van der Waals surface area contributed by atoms with Gasteiger partial charge in [0.1, 0.15) is 5.44 Å². The lowest BCUT2D eigenvalue weighted by atomic mass is 10.5. The van der Waals surface area contributed by atoms with Crippen LogP contribution in [0, 0.1) is 0 Å². The Morgan fingerprint density at radius 2 is 2.60 bits per heavy atom. The van der Waals surface area contributed by atoms with Crippen LogP contribution in [0.4, 0.5) is 0 Å². The molecule has 0 bridgehead atoms. The second-order valence-electron chi connectivity index (χ2n) is 1.94. The molecule has 0 unspecified atom stereocenters. The normalized spacial score (nSPS) is 26.5. The van der Waals surface area contributed by atoms with Gasteiger partial charge in [0.05, 0.1) is 13.2 Å². The molecular weight excluding hydrogens is 154 g/mol. The number of ether oxygens (including phenoxy) is 1. The summed E-state index contributed by atoms with van der Waals surface area (Å²) in [7, 11) is 0. The molecule has 1 rings (SSSR count). The summed E-state index contributed by atoms with van der Waals surface area (Å²) in [4.78, 5) is 11.5. The van der Waals surface area contributed by atoms with E-state index in [0.717, 1.165) is 0 Å². The smallest absolute Gasteiger partial charge is 0.312 e. The Labute approximate surface area is 63.4 Å². The van der Waals surface area contributed by atoms with Crippen LogP contribution in [-0.2, 0) is 9.53 Å². The third kappa shape index (κ3) is 1.86. The van der Waals surface area contributed by atoms with Crippen LogP contribution in [0.15, 0.2) is 0 Å². The van der Waals surface area contributed by atoms with Gasteiger partial charge in [0, 0.05) is 18.6 Å². The third-order valence-corrected chi connectivity index (χ3v) is 1.80. The zero-order valence-electron chi connectivity index (χ0n) is 5.32. The Kier molecular flexibility index (Phi) is 2.98. The summed E-state index contributed by atoms with van der Waals surface area (Å²) in [5, 5.41) is 0. The van der Waals surface area contributed by atoms with Crippen molar-refractivity contribution >= 4 is 18.5 Å². The number of amides is 1. The molecule has 0 saturated carbocycles. The number of hydrogen-bond donors (Lipinski definition) is 1. The van der Waals surface area contributed by atoms with Crippen molar-refractivity contribution in [3.8, 4) is 0 Å². The van der Waals surface area contributed by atoms with E-state index < -0.39 is 0 Å². The Hall–Kier alpha value is -0.260. The summed E-state index contributed by atoms with van der Waals surface area (Å²) in [5.74, 6) is 0. The van der Waals surface area contributed by atoms with Gasteiger partial charge in [0.15, 0.2) is 0 Å². The van der Waals surface area contributed by atoms with Crippen LogP contribution < -0.4 is 0 Å². The van der Waals surface area contributed by atoms with E-state index in [1.54, 1.807) is 6.41 Å². The maximum atomic E-state index is 10.1. The Morgan fingerprint density at radius 3 is 3.20 bits per heavy atom. The first-order chi connectivity index (χ1) is 4.86. The number of morpholine rings is 1. The average molecular weight is 162 g/mol. The summed E-state index contributed by atoms with van der Waals surface area (Å²) in [5.41, 5.74) is -0.296. The number of rotatable bonds is 2. The molecule has 10 heavy (non-hydrogen) atoms. The van der Waals surface area contributed by atoms with E-state index in [9.17, 15) is 4.79 Å². The predicted octanol–water partition coefficient (Wildman–Crippen LogP) is -0.0819. The highest BCUT2D eigenvalue weighted by molar-refractivity contribution is 7.94. The highest BCUT2D eigenvalue weighted by Gasteiger charge is 2.19. The van der Waals surface area contributed by atoms with Gasteiger partial charge in [-0.3, -0.25) is 4.79 Å². The second-order valence-corrected chi connectivity index (χ2v) is 2.68. The standard InChI is InChI=1S/C5H8NO3S/c7-4-6-1-2-9-5(3-6)10-8/h5,8H,1-3H2/t5-/m0/s1. The van der Waals surface area contributed by atoms with Crippen LogP contribution in [0.1, 0.15) is 0 Å². The van der Waals surface area contributed by atoms with Crippen molar-refractivity contribution in [2.24, 2.45) is 0 Å². The molecule has 1 saturated heterocycles. The zero-order valence-corrected chi connectivity index (χ0v) is 6.13. The number of nitrogens with zero attached hydrogens (tertiary/aromatic N) is 1. The van der Waals surface area contributed by atoms with Crippen molar-refractivity contribution in [3.63, 3.8) is 0 Å². The van der Waals surface area contributed by atoms with E-state index >= 15 is 0 Å². The van der Waals surface area contributed by atoms with Gasteiger partial charge >= 0.3 is 6.41 Å². The second kappa shape index (κ2) is 3.80. The Bertz CT molecular complexity index is 121. The molecule has 1 heterocycles. The highest BCUT2D eigenvalue weighted by atomic mass is 32.2. The molecule has 5 heteroatoms. The van der Waals surface area contributed by atoms with Crippen LogP contribution in [0.25, 0.3) is 0 Å². The van der Waals surface area contributed by atoms with Gasteiger partial charge in [-0.15, -0.1) is 0 Å². The summed E-state index contributed by atoms with van der Waals surface area (Å²) < 4.78 is 13.6. The van der Waals surface area contributed by atoms with Crippen LogP contribution in [0.3, 0.4) is 0 Å². The molecule has 1 atom stereocenters. The lowest BCUT2D eigenvalue weighted by Crippen LogP contribution is -2.39. The molecule has 0 aromatic carbocycles. The van der Waals surface area contributed by atoms with Crippen molar-refractivity contribution in [2.45, 2.75) is 5.44 Å². The Balaban J connectivity index is 2.31. The fraction of sp³-hybridized carbons (Fsp3) is 0.800. The molecule has 1 fully saturated rings. The van der Waals surface area contributed by atoms with Crippen molar-refractivity contribution < 1.29 is 14.1 Å². The van der Waals surface area contributed by atoms with Gasteiger partial charge < -0.3 is 14.2 Å². The largest absolute Gasteiger partial charge is 0.362 e. The highest BCUT2D eigenvalue weighted by Crippen LogP contribution is 2.12. The van der Waals surface area contributed by atoms with Crippen molar-refractivity contribution in [2.75, 3.05) is 19.7 Å². The van der Waals surface area contributed by atoms with E-state index in [1.165, 1.54) is 4.90 Å². The lowest BCUT2D eigenvalue weighted by Gasteiger charge is -2.27. The predicted molar refractivity (Wildman–Crippen MR) is 37.2 cm³/mol. The summed E-state index contributed by atoms with van der Waals surface area (Å²) >= 11 is 0.622. The molecule has 0 aromatic rings. The van der Waals surface area contributed by atoms with E-state index in [-0.39, 0.29) is 5.44 Å². The van der Waals surface area contributed by atoms with E-state index in [0.29, 0.717) is 31.7 Å². The summed E-state index contributed by atoms with van der Waals surface area (Å²) in [6.45, 7) is 1.47. The minimum Gasteiger partial charge on any atom is -0.362 e. The molecule has 1 N–H and O–H groups in total. The molecule has 1 radical (unpaired) electrons. The van der Waals surface area contributed by atoms with Gasteiger partial charge in [0.2, 0.25) is 0 Å². The van der Waals surface area contributed by atoms with Gasteiger partial charge in [-0.05, 0) is 0 Å². The van der Waals surface area contributed by atoms with Crippen LogP contribution in [-0.4, -0.2) is 41.0 Å². The monoisotopic (exact) mass is 162 g/mol. The van der Waals surface area contributed by atoms with Gasteiger partial charge in [-0.1, -0.05) is 0 Å². The molecule has 4 nitrogen and oxygen atoms in total. The van der Waals surface area contributed by atoms with Crippen LogP contribution >= 0.6 is 12.0 Å². The lowest BCUT2D eigenvalue weighted by molar-refractivity contribution is 0.0425.